The zero-order valence-corrected chi connectivity index (χ0v) is 13.3. The van der Waals surface area contributed by atoms with Gasteiger partial charge in [-0.15, -0.1) is 0 Å². The molecule has 2 N–H and O–H groups in total. The maximum absolute atomic E-state index is 12.8. The minimum absolute atomic E-state index is 0.0469. The predicted molar refractivity (Wildman–Crippen MR) is 85.9 cm³/mol. The molecule has 1 amide bonds. The summed E-state index contributed by atoms with van der Waals surface area (Å²) < 4.78 is 0. The number of likely N-dealkylation sites (tertiary alicyclic amines) is 1. The molecule has 0 bridgehead atoms. The molecule has 2 aromatic heterocycles. The highest BCUT2D eigenvalue weighted by atomic mass is 16.3. The summed E-state index contributed by atoms with van der Waals surface area (Å²) in [6, 6.07) is 3.62. The smallest absolute Gasteiger partial charge is 0.272 e. The molecule has 1 aliphatic carbocycles. The van der Waals surface area contributed by atoms with Crippen molar-refractivity contribution in [3.8, 4) is 0 Å². The van der Waals surface area contributed by atoms with E-state index in [0.29, 0.717) is 23.8 Å². The summed E-state index contributed by atoms with van der Waals surface area (Å²) in [5.74, 6) is 0.559. The number of aromatic nitrogens is 3. The fourth-order valence-corrected chi connectivity index (χ4v) is 4.34. The van der Waals surface area contributed by atoms with E-state index in [2.05, 4.69) is 15.2 Å². The van der Waals surface area contributed by atoms with Crippen molar-refractivity contribution in [3.63, 3.8) is 0 Å². The van der Waals surface area contributed by atoms with E-state index in [4.69, 9.17) is 0 Å². The minimum Gasteiger partial charge on any atom is -0.390 e. The zero-order chi connectivity index (χ0) is 16.0. The van der Waals surface area contributed by atoms with Crippen molar-refractivity contribution in [1.29, 1.82) is 0 Å². The lowest BCUT2D eigenvalue weighted by molar-refractivity contribution is -0.0609. The van der Waals surface area contributed by atoms with E-state index in [0.717, 1.165) is 37.6 Å². The number of pyridine rings is 1. The topological polar surface area (TPSA) is 82.1 Å². The molecule has 2 aromatic rings. The van der Waals surface area contributed by atoms with E-state index < -0.39 is 5.60 Å². The SMILES string of the molecule is CC[C@]1(O)CCC[C@H]2CN(C(=O)c3ccc4cn[nH]c4n3)C[C@H]21. The first kappa shape index (κ1) is 14.6. The van der Waals surface area contributed by atoms with Gasteiger partial charge in [-0.1, -0.05) is 13.3 Å². The van der Waals surface area contributed by atoms with Gasteiger partial charge in [-0.2, -0.15) is 5.10 Å². The summed E-state index contributed by atoms with van der Waals surface area (Å²) in [7, 11) is 0. The lowest BCUT2D eigenvalue weighted by Crippen LogP contribution is -2.44. The van der Waals surface area contributed by atoms with Gasteiger partial charge in [-0.05, 0) is 37.3 Å². The van der Waals surface area contributed by atoms with Crippen LogP contribution in [-0.2, 0) is 0 Å². The monoisotopic (exact) mass is 314 g/mol. The van der Waals surface area contributed by atoms with Gasteiger partial charge in [0.2, 0.25) is 0 Å². The molecule has 1 saturated heterocycles. The van der Waals surface area contributed by atoms with Crippen molar-refractivity contribution < 1.29 is 9.90 Å². The summed E-state index contributed by atoms with van der Waals surface area (Å²) in [5, 5.41) is 18.5. The third-order valence-electron chi connectivity index (χ3n) is 5.73. The first-order valence-electron chi connectivity index (χ1n) is 8.42. The molecular weight excluding hydrogens is 292 g/mol. The van der Waals surface area contributed by atoms with Gasteiger partial charge in [0.15, 0.2) is 5.65 Å². The van der Waals surface area contributed by atoms with E-state index >= 15 is 0 Å². The van der Waals surface area contributed by atoms with Crippen molar-refractivity contribution in [2.75, 3.05) is 13.1 Å². The Balaban J connectivity index is 1.57. The summed E-state index contributed by atoms with van der Waals surface area (Å²) >= 11 is 0. The van der Waals surface area contributed by atoms with E-state index in [1.54, 1.807) is 12.3 Å². The van der Waals surface area contributed by atoms with Crippen LogP contribution in [0.25, 0.3) is 11.0 Å². The lowest BCUT2D eigenvalue weighted by atomic mass is 9.69. The second-order valence-electron chi connectivity index (χ2n) is 6.93. The predicted octanol–water partition coefficient (Wildman–Crippen LogP) is 1.97. The molecule has 0 spiro atoms. The van der Waals surface area contributed by atoms with Crippen LogP contribution in [0.1, 0.15) is 43.1 Å². The van der Waals surface area contributed by atoms with Gasteiger partial charge in [0, 0.05) is 24.4 Å². The van der Waals surface area contributed by atoms with Gasteiger partial charge in [-0.3, -0.25) is 9.89 Å². The van der Waals surface area contributed by atoms with Crippen LogP contribution in [0.15, 0.2) is 18.3 Å². The molecule has 23 heavy (non-hydrogen) atoms. The molecule has 0 aromatic carbocycles. The van der Waals surface area contributed by atoms with Gasteiger partial charge in [0.05, 0.1) is 11.8 Å². The highest BCUT2D eigenvalue weighted by Crippen LogP contribution is 2.44. The molecule has 2 aliphatic rings. The van der Waals surface area contributed by atoms with E-state index in [1.807, 2.05) is 17.9 Å². The molecule has 0 unspecified atom stereocenters. The second-order valence-corrected chi connectivity index (χ2v) is 6.93. The number of amides is 1. The van der Waals surface area contributed by atoms with Crippen molar-refractivity contribution >= 4 is 16.9 Å². The van der Waals surface area contributed by atoms with Crippen LogP contribution in [0.2, 0.25) is 0 Å². The number of H-pyrrole nitrogens is 1. The maximum atomic E-state index is 12.8. The highest BCUT2D eigenvalue weighted by molar-refractivity contribution is 5.94. The molecule has 2 fully saturated rings. The number of carbonyl (C=O) groups excluding carboxylic acids is 1. The number of carbonyl (C=O) groups is 1. The van der Waals surface area contributed by atoms with E-state index in [9.17, 15) is 9.90 Å². The molecule has 6 nitrogen and oxygen atoms in total. The number of fused-ring (bicyclic) bond motifs is 2. The van der Waals surface area contributed by atoms with Crippen molar-refractivity contribution in [2.24, 2.45) is 11.8 Å². The van der Waals surface area contributed by atoms with Crippen molar-refractivity contribution in [1.82, 2.24) is 20.1 Å². The molecule has 3 atom stereocenters. The van der Waals surface area contributed by atoms with Crippen LogP contribution in [0.4, 0.5) is 0 Å². The normalized spacial score (nSPS) is 30.6. The highest BCUT2D eigenvalue weighted by Gasteiger charge is 2.48. The van der Waals surface area contributed by atoms with E-state index in [1.165, 1.54) is 0 Å². The van der Waals surface area contributed by atoms with Crippen LogP contribution in [0.3, 0.4) is 0 Å². The number of nitrogens with one attached hydrogen (secondary N) is 1. The number of hydrogen-bond acceptors (Lipinski definition) is 4. The van der Waals surface area contributed by atoms with Gasteiger partial charge >= 0.3 is 0 Å². The largest absolute Gasteiger partial charge is 0.390 e. The van der Waals surface area contributed by atoms with E-state index in [-0.39, 0.29) is 11.8 Å². The minimum atomic E-state index is -0.612. The Labute approximate surface area is 134 Å². The van der Waals surface area contributed by atoms with Crippen molar-refractivity contribution in [3.05, 3.63) is 24.0 Å². The van der Waals surface area contributed by atoms with Gasteiger partial charge in [0.25, 0.3) is 5.91 Å². The molecule has 122 valence electrons. The standard InChI is InChI=1S/C17H22N4O2/c1-2-17(23)7-3-4-12-9-21(10-13(12)17)16(22)14-6-5-11-8-18-20-15(11)19-14/h5-6,8,12-13,23H,2-4,7,9-10H2,1H3,(H,18,19,20)/t12-,13+,17-/m0/s1. The average molecular weight is 314 g/mol. The van der Waals surface area contributed by atoms with Gasteiger partial charge in [-0.25, -0.2) is 4.98 Å². The summed E-state index contributed by atoms with van der Waals surface area (Å²) in [4.78, 5) is 19.1. The van der Waals surface area contributed by atoms with Gasteiger partial charge < -0.3 is 10.0 Å². The summed E-state index contributed by atoms with van der Waals surface area (Å²) in [6.07, 6.45) is 5.46. The molecule has 1 aliphatic heterocycles. The zero-order valence-electron chi connectivity index (χ0n) is 13.3. The first-order valence-corrected chi connectivity index (χ1v) is 8.42. The number of hydrogen-bond donors (Lipinski definition) is 2. The third-order valence-corrected chi connectivity index (χ3v) is 5.73. The fourth-order valence-electron chi connectivity index (χ4n) is 4.34. The third kappa shape index (κ3) is 2.32. The Morgan fingerprint density at radius 2 is 2.35 bits per heavy atom. The van der Waals surface area contributed by atoms with Crippen molar-refractivity contribution in [2.45, 2.75) is 38.2 Å². The van der Waals surface area contributed by atoms with Crippen LogP contribution in [-0.4, -0.2) is 49.8 Å². The van der Waals surface area contributed by atoms with Crippen LogP contribution in [0.5, 0.6) is 0 Å². The quantitative estimate of drug-likeness (QED) is 0.888. The molecule has 1 saturated carbocycles. The fraction of sp³-hybridized carbons (Fsp3) is 0.588. The first-order chi connectivity index (χ1) is 11.1. The maximum Gasteiger partial charge on any atom is 0.272 e. The van der Waals surface area contributed by atoms with Crippen LogP contribution < -0.4 is 0 Å². The molecule has 4 rings (SSSR count). The average Bonchev–Trinajstić information content (AvgIpc) is 3.20. The number of aromatic amines is 1. The number of nitrogens with zero attached hydrogens (tertiary/aromatic N) is 3. The summed E-state index contributed by atoms with van der Waals surface area (Å²) in [5.41, 5.74) is 0.469. The Bertz CT molecular complexity index is 743. The van der Waals surface area contributed by atoms with Gasteiger partial charge in [0.1, 0.15) is 5.69 Å². The van der Waals surface area contributed by atoms with Crippen LogP contribution >= 0.6 is 0 Å². The summed E-state index contributed by atoms with van der Waals surface area (Å²) in [6.45, 7) is 3.41. The van der Waals surface area contributed by atoms with Crippen LogP contribution in [0, 0.1) is 11.8 Å². The Morgan fingerprint density at radius 1 is 1.48 bits per heavy atom. The second kappa shape index (κ2) is 5.30. The molecule has 0 radical (unpaired) electrons. The molecule has 3 heterocycles. The Morgan fingerprint density at radius 3 is 3.17 bits per heavy atom. The Hall–Kier alpha value is -1.95. The number of rotatable bonds is 2. The molecular formula is C17H22N4O2. The lowest BCUT2D eigenvalue weighted by Gasteiger charge is -2.40. The molecule has 6 heteroatoms. The number of aliphatic hydroxyl groups is 1. The Kier molecular flexibility index (Phi) is 3.37.